The van der Waals surface area contributed by atoms with Crippen LogP contribution in [-0.4, -0.2) is 26.7 Å². The smallest absolute Gasteiger partial charge is 0.270 e. The van der Waals surface area contributed by atoms with Crippen LogP contribution in [0.3, 0.4) is 0 Å². The Morgan fingerprint density at radius 3 is 2.91 bits per heavy atom. The van der Waals surface area contributed by atoms with Crippen LogP contribution in [-0.2, 0) is 13.2 Å². The molecule has 0 saturated heterocycles. The van der Waals surface area contributed by atoms with Gasteiger partial charge in [-0.05, 0) is 25.2 Å². The molecule has 0 unspecified atom stereocenters. The fraction of sp³-hybridized carbons (Fsp3) is 0.214. The molecule has 0 bridgehead atoms. The van der Waals surface area contributed by atoms with E-state index in [4.69, 9.17) is 11.6 Å². The van der Waals surface area contributed by atoms with E-state index in [-0.39, 0.29) is 5.69 Å². The van der Waals surface area contributed by atoms with E-state index in [9.17, 15) is 10.1 Å². The number of hydrogen-bond donors (Lipinski definition) is 0. The molecule has 1 aromatic carbocycles. The van der Waals surface area contributed by atoms with E-state index in [2.05, 4.69) is 10.00 Å². The first-order valence-electron chi connectivity index (χ1n) is 6.55. The van der Waals surface area contributed by atoms with Gasteiger partial charge in [-0.15, -0.1) is 11.3 Å². The van der Waals surface area contributed by atoms with Crippen LogP contribution in [0.1, 0.15) is 4.88 Å². The molecule has 3 rings (SSSR count). The van der Waals surface area contributed by atoms with Gasteiger partial charge >= 0.3 is 0 Å². The van der Waals surface area contributed by atoms with E-state index >= 15 is 0 Å². The zero-order valence-corrected chi connectivity index (χ0v) is 13.3. The van der Waals surface area contributed by atoms with Crippen molar-refractivity contribution in [1.29, 1.82) is 0 Å². The summed E-state index contributed by atoms with van der Waals surface area (Å²) in [6.45, 7) is 1.36. The van der Waals surface area contributed by atoms with Gasteiger partial charge in [0.25, 0.3) is 5.69 Å². The van der Waals surface area contributed by atoms with Crippen LogP contribution in [0, 0.1) is 10.1 Å². The Balaban J connectivity index is 1.77. The Bertz CT molecular complexity index is 829. The van der Waals surface area contributed by atoms with Gasteiger partial charge in [0.05, 0.1) is 27.6 Å². The number of aromatic nitrogens is 2. The average Bonchev–Trinajstić information content (AvgIpc) is 3.05. The molecule has 0 fully saturated rings. The van der Waals surface area contributed by atoms with Crippen molar-refractivity contribution in [2.45, 2.75) is 13.2 Å². The molecule has 2 heterocycles. The van der Waals surface area contributed by atoms with Crippen molar-refractivity contribution in [3.63, 3.8) is 0 Å². The van der Waals surface area contributed by atoms with Crippen molar-refractivity contribution in [3.05, 3.63) is 55.9 Å². The van der Waals surface area contributed by atoms with Crippen LogP contribution >= 0.6 is 22.9 Å². The van der Waals surface area contributed by atoms with Gasteiger partial charge in [0.15, 0.2) is 0 Å². The number of nitro groups is 1. The van der Waals surface area contributed by atoms with Gasteiger partial charge in [0.1, 0.15) is 0 Å². The summed E-state index contributed by atoms with van der Waals surface area (Å²) in [5.74, 6) is 0. The Hall–Kier alpha value is -1.96. The van der Waals surface area contributed by atoms with Crippen LogP contribution in [0.15, 0.2) is 36.5 Å². The summed E-state index contributed by atoms with van der Waals surface area (Å²) in [5, 5.41) is 15.9. The van der Waals surface area contributed by atoms with Gasteiger partial charge < -0.3 is 0 Å². The maximum absolute atomic E-state index is 10.8. The monoisotopic (exact) mass is 336 g/mol. The summed E-state index contributed by atoms with van der Waals surface area (Å²) in [6, 6.07) is 8.67. The fourth-order valence-corrected chi connectivity index (χ4v) is 3.45. The van der Waals surface area contributed by atoms with Crippen LogP contribution in [0.25, 0.3) is 10.9 Å². The second-order valence-electron chi connectivity index (χ2n) is 5.01. The highest BCUT2D eigenvalue weighted by Gasteiger charge is 2.11. The zero-order chi connectivity index (χ0) is 15.7. The van der Waals surface area contributed by atoms with Crippen LogP contribution < -0.4 is 0 Å². The van der Waals surface area contributed by atoms with Gasteiger partial charge in [0.2, 0.25) is 0 Å². The Kier molecular flexibility index (Phi) is 4.10. The molecule has 0 N–H and O–H groups in total. The maximum atomic E-state index is 10.8. The van der Waals surface area contributed by atoms with E-state index in [0.29, 0.717) is 6.67 Å². The van der Waals surface area contributed by atoms with Gasteiger partial charge in [-0.3, -0.25) is 19.7 Å². The van der Waals surface area contributed by atoms with E-state index in [0.717, 1.165) is 21.8 Å². The quantitative estimate of drug-likeness (QED) is 0.526. The van der Waals surface area contributed by atoms with Crippen molar-refractivity contribution < 1.29 is 4.92 Å². The topological polar surface area (TPSA) is 64.2 Å². The standard InChI is InChI=1S/C14H13ClN4O2S/c1-17(8-12-3-5-14(15)22-12)9-18-13-4-2-11(19(20)21)6-10(13)7-16-18/h2-7H,8-9H2,1H3. The first-order chi connectivity index (χ1) is 10.5. The van der Waals surface area contributed by atoms with Gasteiger partial charge in [-0.1, -0.05) is 11.6 Å². The second kappa shape index (κ2) is 6.04. The van der Waals surface area contributed by atoms with E-state index < -0.39 is 4.92 Å². The molecule has 0 radical (unpaired) electrons. The SMILES string of the molecule is CN(Cc1ccc(Cl)s1)Cn1ncc2cc([N+](=O)[O-])ccc21. The van der Waals surface area contributed by atoms with Crippen LogP contribution in [0.2, 0.25) is 4.34 Å². The minimum Gasteiger partial charge on any atom is -0.282 e. The van der Waals surface area contributed by atoms with E-state index in [1.165, 1.54) is 17.0 Å². The molecule has 22 heavy (non-hydrogen) atoms. The molecule has 8 heteroatoms. The summed E-state index contributed by atoms with van der Waals surface area (Å²) in [7, 11) is 1.99. The molecular formula is C14H13ClN4O2S. The Morgan fingerprint density at radius 1 is 1.41 bits per heavy atom. The number of fused-ring (bicyclic) bond motifs is 1. The summed E-state index contributed by atoms with van der Waals surface area (Å²) in [4.78, 5) is 13.7. The molecule has 0 amide bonds. The average molecular weight is 337 g/mol. The molecule has 3 aromatic rings. The van der Waals surface area contributed by atoms with Crippen LogP contribution in [0.4, 0.5) is 5.69 Å². The van der Waals surface area contributed by atoms with Gasteiger partial charge in [0, 0.05) is 28.9 Å². The highest BCUT2D eigenvalue weighted by atomic mass is 35.5. The highest BCUT2D eigenvalue weighted by Crippen LogP contribution is 2.23. The lowest BCUT2D eigenvalue weighted by Crippen LogP contribution is -2.21. The number of non-ortho nitro benzene ring substituents is 1. The van der Waals surface area contributed by atoms with Crippen molar-refractivity contribution in [3.8, 4) is 0 Å². The molecule has 0 spiro atoms. The number of nitrogens with zero attached hydrogens (tertiary/aromatic N) is 4. The van der Waals surface area contributed by atoms with E-state index in [1.807, 2.05) is 23.9 Å². The van der Waals surface area contributed by atoms with Crippen molar-refractivity contribution in [2.24, 2.45) is 0 Å². The highest BCUT2D eigenvalue weighted by molar-refractivity contribution is 7.16. The minimum absolute atomic E-state index is 0.0774. The Labute approximate surface area is 135 Å². The lowest BCUT2D eigenvalue weighted by Gasteiger charge is -2.16. The summed E-state index contributed by atoms with van der Waals surface area (Å²) < 4.78 is 2.61. The summed E-state index contributed by atoms with van der Waals surface area (Å²) in [5.41, 5.74) is 0.954. The first-order valence-corrected chi connectivity index (χ1v) is 7.75. The Morgan fingerprint density at radius 2 is 2.23 bits per heavy atom. The molecule has 0 aliphatic rings. The zero-order valence-electron chi connectivity index (χ0n) is 11.8. The minimum atomic E-state index is -0.399. The third-order valence-corrected chi connectivity index (χ3v) is 4.48. The van der Waals surface area contributed by atoms with Crippen LogP contribution in [0.5, 0.6) is 0 Å². The van der Waals surface area contributed by atoms with Crippen molar-refractivity contribution >= 4 is 39.5 Å². The number of nitro benzene ring substituents is 1. The molecule has 6 nitrogen and oxygen atoms in total. The number of rotatable bonds is 5. The molecule has 114 valence electrons. The fourth-order valence-electron chi connectivity index (χ4n) is 2.28. The molecule has 0 aliphatic carbocycles. The van der Waals surface area contributed by atoms with E-state index in [1.54, 1.807) is 23.6 Å². The molecule has 0 saturated carbocycles. The molecule has 0 atom stereocenters. The predicted octanol–water partition coefficient (Wildman–Crippen LogP) is 3.75. The number of thiophene rings is 1. The molecule has 2 aromatic heterocycles. The second-order valence-corrected chi connectivity index (χ2v) is 6.81. The third-order valence-electron chi connectivity index (χ3n) is 3.27. The number of hydrogen-bond acceptors (Lipinski definition) is 5. The predicted molar refractivity (Wildman–Crippen MR) is 87.2 cm³/mol. The summed E-state index contributed by atoms with van der Waals surface area (Å²) in [6.07, 6.45) is 1.65. The molecular weight excluding hydrogens is 324 g/mol. The molecule has 0 aliphatic heterocycles. The van der Waals surface area contributed by atoms with Crippen molar-refractivity contribution in [1.82, 2.24) is 14.7 Å². The largest absolute Gasteiger partial charge is 0.282 e. The normalized spacial score (nSPS) is 11.4. The lowest BCUT2D eigenvalue weighted by molar-refractivity contribution is -0.384. The summed E-state index contributed by atoms with van der Waals surface area (Å²) >= 11 is 7.49. The lowest BCUT2D eigenvalue weighted by atomic mass is 10.2. The van der Waals surface area contributed by atoms with Gasteiger partial charge in [-0.2, -0.15) is 5.10 Å². The van der Waals surface area contributed by atoms with Gasteiger partial charge in [-0.25, -0.2) is 0 Å². The van der Waals surface area contributed by atoms with Crippen molar-refractivity contribution in [2.75, 3.05) is 7.05 Å². The number of halogens is 1. The first kappa shape index (κ1) is 15.0. The third kappa shape index (κ3) is 3.11. The maximum Gasteiger partial charge on any atom is 0.270 e. The number of benzene rings is 1.